The van der Waals surface area contributed by atoms with Crippen molar-refractivity contribution >= 4 is 50.9 Å². The van der Waals surface area contributed by atoms with Crippen LogP contribution in [0, 0.1) is 11.3 Å². The third kappa shape index (κ3) is 6.87. The van der Waals surface area contributed by atoms with Crippen LogP contribution in [0.25, 0.3) is 0 Å². The molecular formula is C25H25F3N4O4S2. The van der Waals surface area contributed by atoms with Crippen LogP contribution < -0.4 is 14.9 Å². The minimum absolute atomic E-state index is 0.0373. The van der Waals surface area contributed by atoms with Crippen LogP contribution in [-0.4, -0.2) is 37.5 Å². The molecule has 202 valence electrons. The molecule has 0 unspecified atom stereocenters. The Morgan fingerprint density at radius 2 is 1.84 bits per heavy atom. The molecular weight excluding hydrogens is 541 g/mol. The summed E-state index contributed by atoms with van der Waals surface area (Å²) in [7, 11) is -3.60. The molecule has 2 N–H and O–H groups in total. The van der Waals surface area contributed by atoms with E-state index in [1.807, 2.05) is 4.72 Å². The fraction of sp³-hybridized carbons (Fsp3) is 0.360. The number of benzene rings is 2. The summed E-state index contributed by atoms with van der Waals surface area (Å²) in [6.45, 7) is 0. The van der Waals surface area contributed by atoms with Gasteiger partial charge in [0.05, 0.1) is 28.9 Å². The number of hydrogen-bond acceptors (Lipinski definition) is 6. The standard InChI is InChI=1S/C25H25F3N4O4S2/c1-38(35,36)31-22(33)5-2-4-17-6-10-20(11-7-17)32(16-37)24(12-3-13-24)23(34)30-19-9-8-18(15-29)21(14-19)25(26,27)28/h6-11,14,16H,2-5,12-13H2,1H3,(H,30,34)(H,31,33). The fourth-order valence-electron chi connectivity index (χ4n) is 4.23. The highest BCUT2D eigenvalue weighted by Crippen LogP contribution is 2.41. The first-order valence-electron chi connectivity index (χ1n) is 11.6. The minimum atomic E-state index is -4.75. The van der Waals surface area contributed by atoms with Gasteiger partial charge in [0, 0.05) is 17.8 Å². The molecule has 2 aromatic carbocycles. The van der Waals surface area contributed by atoms with Gasteiger partial charge in [-0.05, 0) is 68.0 Å². The molecule has 0 bridgehead atoms. The molecule has 1 saturated carbocycles. The lowest BCUT2D eigenvalue weighted by Gasteiger charge is -2.47. The average Bonchev–Trinajstić information content (AvgIpc) is 2.80. The van der Waals surface area contributed by atoms with Gasteiger partial charge in [-0.2, -0.15) is 18.4 Å². The molecule has 0 saturated heterocycles. The second-order valence-corrected chi connectivity index (χ2v) is 11.0. The van der Waals surface area contributed by atoms with Gasteiger partial charge in [-0.1, -0.05) is 24.4 Å². The van der Waals surface area contributed by atoms with Crippen molar-refractivity contribution in [2.45, 2.75) is 50.2 Å². The Hall–Kier alpha value is -3.50. The summed E-state index contributed by atoms with van der Waals surface area (Å²) in [6.07, 6.45) is -1.27. The lowest BCUT2D eigenvalue weighted by atomic mass is 9.74. The van der Waals surface area contributed by atoms with Crippen molar-refractivity contribution in [3.63, 3.8) is 0 Å². The Kier molecular flexibility index (Phi) is 8.79. The molecule has 2 aromatic rings. The van der Waals surface area contributed by atoms with E-state index < -0.39 is 44.7 Å². The van der Waals surface area contributed by atoms with Crippen LogP contribution >= 0.6 is 12.2 Å². The van der Waals surface area contributed by atoms with Crippen LogP contribution in [-0.2, 0) is 32.2 Å². The molecule has 0 heterocycles. The Bertz CT molecular complexity index is 1370. The summed E-state index contributed by atoms with van der Waals surface area (Å²) in [5, 5.41) is 11.6. The van der Waals surface area contributed by atoms with Crippen LogP contribution in [0.4, 0.5) is 24.5 Å². The van der Waals surface area contributed by atoms with Crippen LogP contribution in [0.3, 0.4) is 0 Å². The zero-order chi connectivity index (χ0) is 28.1. The summed E-state index contributed by atoms with van der Waals surface area (Å²) in [5.41, 5.74) is 0.00990. The zero-order valence-electron chi connectivity index (χ0n) is 20.3. The van der Waals surface area contributed by atoms with E-state index in [4.69, 9.17) is 17.5 Å². The number of alkyl halides is 3. The predicted octanol–water partition coefficient (Wildman–Crippen LogP) is 4.30. The zero-order valence-corrected chi connectivity index (χ0v) is 22.0. The van der Waals surface area contributed by atoms with Gasteiger partial charge in [0.1, 0.15) is 5.54 Å². The Labute approximate surface area is 223 Å². The molecule has 38 heavy (non-hydrogen) atoms. The van der Waals surface area contributed by atoms with Crippen LogP contribution in [0.5, 0.6) is 0 Å². The van der Waals surface area contributed by atoms with Crippen molar-refractivity contribution in [2.24, 2.45) is 0 Å². The Morgan fingerprint density at radius 1 is 1.18 bits per heavy atom. The second kappa shape index (κ2) is 11.5. The van der Waals surface area contributed by atoms with Crippen molar-refractivity contribution in [3.8, 4) is 6.07 Å². The number of rotatable bonds is 10. The average molecular weight is 567 g/mol. The number of anilines is 2. The molecule has 0 radical (unpaired) electrons. The minimum Gasteiger partial charge on any atom is -0.324 e. The molecule has 8 nitrogen and oxygen atoms in total. The van der Waals surface area contributed by atoms with Gasteiger partial charge < -0.3 is 10.2 Å². The van der Waals surface area contributed by atoms with Gasteiger partial charge >= 0.3 is 6.18 Å². The van der Waals surface area contributed by atoms with E-state index in [0.29, 0.717) is 31.4 Å². The maximum atomic E-state index is 13.3. The lowest BCUT2D eigenvalue weighted by molar-refractivity contribution is -0.137. The van der Waals surface area contributed by atoms with Crippen LogP contribution in [0.2, 0.25) is 0 Å². The molecule has 0 spiro atoms. The highest BCUT2D eigenvalue weighted by molar-refractivity contribution is 7.89. The first kappa shape index (κ1) is 29.1. The molecule has 3 rings (SSSR count). The molecule has 0 atom stereocenters. The number of nitriles is 1. The van der Waals surface area contributed by atoms with Crippen molar-refractivity contribution in [1.82, 2.24) is 4.72 Å². The quantitative estimate of drug-likeness (QED) is 0.412. The number of nitrogens with zero attached hydrogens (tertiary/aromatic N) is 2. The highest BCUT2D eigenvalue weighted by Gasteiger charge is 2.49. The topological polar surface area (TPSA) is 119 Å². The second-order valence-electron chi connectivity index (χ2n) is 9.00. The summed E-state index contributed by atoms with van der Waals surface area (Å²) < 4.78 is 64.2. The Morgan fingerprint density at radius 3 is 2.34 bits per heavy atom. The maximum Gasteiger partial charge on any atom is 0.417 e. The van der Waals surface area contributed by atoms with Gasteiger partial charge in [0.15, 0.2) is 0 Å². The molecule has 1 aliphatic rings. The highest BCUT2D eigenvalue weighted by atomic mass is 32.2. The van der Waals surface area contributed by atoms with Gasteiger partial charge in [0.25, 0.3) is 5.91 Å². The van der Waals surface area contributed by atoms with Crippen molar-refractivity contribution < 1.29 is 31.2 Å². The number of carbonyl (C=O) groups is 2. The van der Waals surface area contributed by atoms with Gasteiger partial charge in [-0.3, -0.25) is 14.3 Å². The molecule has 0 aromatic heterocycles. The number of carbonyl (C=O) groups excluding carboxylic acids is 2. The van der Waals surface area contributed by atoms with Crippen LogP contribution in [0.1, 0.15) is 48.8 Å². The number of nitrogens with one attached hydrogen (secondary N) is 2. The summed E-state index contributed by atoms with van der Waals surface area (Å²) in [4.78, 5) is 26.6. The normalized spacial score (nSPS) is 14.5. The molecule has 1 fully saturated rings. The van der Waals surface area contributed by atoms with Crippen LogP contribution in [0.15, 0.2) is 42.5 Å². The van der Waals surface area contributed by atoms with Crippen molar-refractivity contribution in [1.29, 1.82) is 5.26 Å². The number of sulfonamides is 1. The maximum absolute atomic E-state index is 13.3. The van der Waals surface area contributed by atoms with E-state index in [2.05, 4.69) is 5.32 Å². The van der Waals surface area contributed by atoms with Gasteiger partial charge in [-0.25, -0.2) is 8.42 Å². The van der Waals surface area contributed by atoms with E-state index in [0.717, 1.165) is 30.4 Å². The Balaban J connectivity index is 1.72. The van der Waals surface area contributed by atoms with Crippen molar-refractivity contribution in [2.75, 3.05) is 16.5 Å². The van der Waals surface area contributed by atoms with E-state index >= 15 is 0 Å². The molecule has 0 aliphatic heterocycles. The van der Waals surface area contributed by atoms with E-state index in [9.17, 15) is 31.2 Å². The molecule has 13 heteroatoms. The lowest BCUT2D eigenvalue weighted by Crippen LogP contribution is -2.61. The number of amides is 2. The number of thiocarbonyl (C=S) groups is 1. The smallest absolute Gasteiger partial charge is 0.324 e. The third-order valence-electron chi connectivity index (χ3n) is 6.26. The largest absolute Gasteiger partial charge is 0.417 e. The summed E-state index contributed by atoms with van der Waals surface area (Å²) >= 11 is 5.21. The fourth-order valence-corrected chi connectivity index (χ4v) is 5.07. The van der Waals surface area contributed by atoms with Gasteiger partial charge in [-0.15, -0.1) is 0 Å². The number of halogens is 3. The number of hydrogen-bond donors (Lipinski definition) is 2. The summed E-state index contributed by atoms with van der Waals surface area (Å²) in [6, 6.07) is 11.6. The van der Waals surface area contributed by atoms with Gasteiger partial charge in [0.2, 0.25) is 15.9 Å². The first-order valence-corrected chi connectivity index (χ1v) is 13.9. The predicted molar refractivity (Wildman–Crippen MR) is 140 cm³/mol. The van der Waals surface area contributed by atoms with E-state index in [1.165, 1.54) is 17.6 Å². The summed E-state index contributed by atoms with van der Waals surface area (Å²) in [5.74, 6) is -1.10. The number of aryl methyl sites for hydroxylation is 1. The first-order chi connectivity index (χ1) is 17.8. The molecule has 1 aliphatic carbocycles. The van der Waals surface area contributed by atoms with E-state index in [-0.39, 0.29) is 12.1 Å². The van der Waals surface area contributed by atoms with Crippen molar-refractivity contribution in [3.05, 3.63) is 59.2 Å². The SMILES string of the molecule is CS(=O)(=O)NC(=O)CCCc1ccc(N(C=S)C2(C(=O)Nc3ccc(C#N)c(C(F)(F)F)c3)CCC2)cc1. The molecule has 2 amide bonds. The van der Waals surface area contributed by atoms with E-state index in [1.54, 1.807) is 29.2 Å². The monoisotopic (exact) mass is 566 g/mol. The third-order valence-corrected chi connectivity index (χ3v) is 7.07.